The van der Waals surface area contributed by atoms with Gasteiger partial charge in [-0.1, -0.05) is 55.1 Å². The van der Waals surface area contributed by atoms with Crippen molar-refractivity contribution in [2.24, 2.45) is 4.99 Å². The standard InChI is InChI=1S/C28H33N3/c1-19-16-20(2)27(21(3)17-19)29-22(4)25-10-9-11-26(30-25)31(8)18-23-12-14-24(15-13-23)28(5,6)7/h9-17H,1-8H3. The normalized spacial score (nSPS) is 12.9. The molecule has 0 spiro atoms. The summed E-state index contributed by atoms with van der Waals surface area (Å²) in [7, 11) is 1.98. The van der Waals surface area contributed by atoms with Crippen LogP contribution in [0.2, 0.25) is 0 Å². The second-order valence-corrected chi connectivity index (χ2v) is 9.32. The third kappa shape index (κ3) is 5.55. The Balaban J connectivity index is 1.90. The van der Waals surface area contributed by atoms with Crippen molar-refractivity contribution >= 4 is 23.4 Å². The molecule has 0 aliphatic heterocycles. The van der Waals surface area contributed by atoms with Gasteiger partial charge in [-0.3, -0.25) is 0 Å². The second kappa shape index (κ2) is 8.97. The number of aliphatic imine (C=N–C) groups is 1. The summed E-state index contributed by atoms with van der Waals surface area (Å²) in [6.07, 6.45) is 3.41. The van der Waals surface area contributed by atoms with Gasteiger partial charge in [-0.2, -0.15) is 0 Å². The van der Waals surface area contributed by atoms with E-state index in [-0.39, 0.29) is 5.41 Å². The van der Waals surface area contributed by atoms with Gasteiger partial charge in [-0.25, -0.2) is 4.99 Å². The molecule has 3 rings (SSSR count). The summed E-state index contributed by atoms with van der Waals surface area (Å²) in [4.78, 5) is 9.73. The highest BCUT2D eigenvalue weighted by molar-refractivity contribution is 5.99. The number of aryl methyl sites for hydroxylation is 3. The minimum atomic E-state index is 0.144. The zero-order valence-electron chi connectivity index (χ0n) is 20.0. The van der Waals surface area contributed by atoms with Gasteiger partial charge in [0.1, 0.15) is 0 Å². The largest absolute Gasteiger partial charge is 0.311 e. The van der Waals surface area contributed by atoms with E-state index >= 15 is 0 Å². The predicted octanol–water partition coefficient (Wildman–Crippen LogP) is 6.71. The van der Waals surface area contributed by atoms with E-state index in [0.717, 1.165) is 28.5 Å². The Morgan fingerprint density at radius 2 is 1.55 bits per heavy atom. The number of rotatable bonds is 4. The quantitative estimate of drug-likeness (QED) is 0.266. The molecule has 1 aromatic heterocycles. The van der Waals surface area contributed by atoms with Crippen molar-refractivity contribution in [1.29, 1.82) is 0 Å². The third-order valence-corrected chi connectivity index (χ3v) is 5.41. The number of hydrogen-bond donors (Lipinski definition) is 0. The van der Waals surface area contributed by atoms with Gasteiger partial charge in [0.25, 0.3) is 5.82 Å². The second-order valence-electron chi connectivity index (χ2n) is 9.32. The SMILES string of the molecule is CC(=Nc1c(C)cc(C)cc1C)c1cccc([N+](C)=[C-]c2ccc(C(C)(C)C)cc2)n1. The Labute approximate surface area is 187 Å². The van der Waals surface area contributed by atoms with Gasteiger partial charge in [-0.15, -0.1) is 29.8 Å². The maximum absolute atomic E-state index is 4.90. The van der Waals surface area contributed by atoms with Gasteiger partial charge < -0.3 is 4.58 Å². The number of benzene rings is 2. The molecule has 0 unspecified atom stereocenters. The molecule has 2 aromatic carbocycles. The molecule has 0 saturated heterocycles. The molecular weight excluding hydrogens is 378 g/mol. The molecule has 1 heterocycles. The van der Waals surface area contributed by atoms with Crippen LogP contribution in [0.4, 0.5) is 11.5 Å². The lowest BCUT2D eigenvalue weighted by Crippen LogP contribution is -2.11. The monoisotopic (exact) mass is 411 g/mol. The zero-order chi connectivity index (χ0) is 22.8. The molecule has 0 amide bonds. The molecule has 0 fully saturated rings. The van der Waals surface area contributed by atoms with Crippen LogP contribution in [0.1, 0.15) is 61.2 Å². The molecule has 0 radical (unpaired) electrons. The van der Waals surface area contributed by atoms with E-state index < -0.39 is 0 Å². The predicted molar refractivity (Wildman–Crippen MR) is 132 cm³/mol. The van der Waals surface area contributed by atoms with E-state index in [1.54, 1.807) is 0 Å². The first-order valence-electron chi connectivity index (χ1n) is 10.8. The van der Waals surface area contributed by atoms with Crippen molar-refractivity contribution in [3.63, 3.8) is 0 Å². The lowest BCUT2D eigenvalue weighted by molar-refractivity contribution is -0.403. The third-order valence-electron chi connectivity index (χ3n) is 5.41. The molecule has 0 aliphatic rings. The van der Waals surface area contributed by atoms with Crippen molar-refractivity contribution in [3.05, 3.63) is 88.1 Å². The molecule has 3 heteroatoms. The molecule has 3 aromatic rings. The van der Waals surface area contributed by atoms with E-state index in [2.05, 4.69) is 84.2 Å². The van der Waals surface area contributed by atoms with Gasteiger partial charge in [0.15, 0.2) is 5.69 Å². The molecular formula is C28H33N3. The Hall–Kier alpha value is -3.07. The smallest absolute Gasteiger partial charge is 0.252 e. The first-order chi connectivity index (χ1) is 14.5. The molecule has 160 valence electrons. The summed E-state index contributed by atoms with van der Waals surface area (Å²) in [5, 5.41) is 0. The molecule has 0 aliphatic carbocycles. The molecule has 3 nitrogen and oxygen atoms in total. The van der Waals surface area contributed by atoms with E-state index in [4.69, 9.17) is 9.98 Å². The van der Waals surface area contributed by atoms with Gasteiger partial charge in [0, 0.05) is 6.21 Å². The molecule has 0 saturated carbocycles. The highest BCUT2D eigenvalue weighted by Crippen LogP contribution is 2.26. The van der Waals surface area contributed by atoms with Crippen LogP contribution in [0.3, 0.4) is 0 Å². The Bertz CT molecular complexity index is 1120. The zero-order valence-corrected chi connectivity index (χ0v) is 20.0. The van der Waals surface area contributed by atoms with Crippen LogP contribution in [-0.4, -0.2) is 28.5 Å². The first kappa shape index (κ1) is 22.6. The van der Waals surface area contributed by atoms with Gasteiger partial charge in [0.2, 0.25) is 0 Å². The van der Waals surface area contributed by atoms with E-state index in [1.807, 2.05) is 36.7 Å². The summed E-state index contributed by atoms with van der Waals surface area (Å²) in [5.41, 5.74) is 8.92. The van der Waals surface area contributed by atoms with Crippen LogP contribution in [0.15, 0.2) is 59.6 Å². The number of pyridine rings is 1. The number of aromatic nitrogens is 1. The Morgan fingerprint density at radius 1 is 0.935 bits per heavy atom. The fourth-order valence-corrected chi connectivity index (χ4v) is 3.68. The van der Waals surface area contributed by atoms with Crippen LogP contribution in [0.5, 0.6) is 0 Å². The van der Waals surface area contributed by atoms with Crippen LogP contribution < -0.4 is 0 Å². The summed E-state index contributed by atoms with van der Waals surface area (Å²) >= 11 is 0. The average Bonchev–Trinajstić information content (AvgIpc) is 2.70. The molecule has 0 N–H and O–H groups in total. The Morgan fingerprint density at radius 3 is 2.13 bits per heavy atom. The molecule has 0 atom stereocenters. The summed E-state index contributed by atoms with van der Waals surface area (Å²) in [6, 6.07) is 18.9. The van der Waals surface area contributed by atoms with Crippen molar-refractivity contribution in [2.75, 3.05) is 7.05 Å². The van der Waals surface area contributed by atoms with E-state index in [0.29, 0.717) is 0 Å². The van der Waals surface area contributed by atoms with Crippen LogP contribution in [-0.2, 0) is 5.41 Å². The van der Waals surface area contributed by atoms with Gasteiger partial charge >= 0.3 is 0 Å². The minimum absolute atomic E-state index is 0.144. The summed E-state index contributed by atoms with van der Waals surface area (Å²) in [6.45, 7) is 15.0. The average molecular weight is 412 g/mol. The lowest BCUT2D eigenvalue weighted by atomic mass is 9.87. The van der Waals surface area contributed by atoms with Crippen molar-refractivity contribution in [2.45, 2.75) is 53.9 Å². The highest BCUT2D eigenvalue weighted by Gasteiger charge is 2.12. The fraction of sp³-hybridized carbons (Fsp3) is 0.321. The highest BCUT2D eigenvalue weighted by atomic mass is 15.1. The Kier molecular flexibility index (Phi) is 6.54. The van der Waals surface area contributed by atoms with Crippen LogP contribution in [0, 0.1) is 20.8 Å². The van der Waals surface area contributed by atoms with Crippen molar-refractivity contribution in [3.8, 4) is 0 Å². The number of hydrogen-bond acceptors (Lipinski definition) is 2. The first-order valence-corrected chi connectivity index (χ1v) is 10.8. The van der Waals surface area contributed by atoms with Crippen LogP contribution in [0.25, 0.3) is 0 Å². The topological polar surface area (TPSA) is 28.3 Å². The summed E-state index contributed by atoms with van der Waals surface area (Å²) < 4.78 is 1.94. The van der Waals surface area contributed by atoms with Crippen molar-refractivity contribution < 1.29 is 4.58 Å². The maximum Gasteiger partial charge on any atom is 0.252 e. The number of nitrogens with zero attached hydrogens (tertiary/aromatic N) is 3. The molecule has 0 bridgehead atoms. The van der Waals surface area contributed by atoms with E-state index in [9.17, 15) is 0 Å². The van der Waals surface area contributed by atoms with Gasteiger partial charge in [-0.05, 0) is 56.4 Å². The maximum atomic E-state index is 4.90. The lowest BCUT2D eigenvalue weighted by Gasteiger charge is -2.20. The molecule has 31 heavy (non-hydrogen) atoms. The van der Waals surface area contributed by atoms with Crippen molar-refractivity contribution in [1.82, 2.24) is 4.98 Å². The minimum Gasteiger partial charge on any atom is -0.311 e. The van der Waals surface area contributed by atoms with E-state index in [1.165, 1.54) is 22.3 Å². The fourth-order valence-electron chi connectivity index (χ4n) is 3.68. The van der Waals surface area contributed by atoms with Crippen LogP contribution >= 0.6 is 0 Å². The summed E-state index contributed by atoms with van der Waals surface area (Å²) in [5.74, 6) is 0.837. The van der Waals surface area contributed by atoms with Gasteiger partial charge in [0.05, 0.1) is 18.4 Å².